The minimum atomic E-state index is -0.0170. The summed E-state index contributed by atoms with van der Waals surface area (Å²) >= 11 is 0. The minimum Gasteiger partial charge on any atom is -0.360 e. The molecule has 1 N–H and O–H groups in total. The van der Waals surface area contributed by atoms with Crippen LogP contribution in [-0.4, -0.2) is 24.5 Å². The van der Waals surface area contributed by atoms with Gasteiger partial charge in [-0.15, -0.1) is 0 Å². The molecule has 0 saturated heterocycles. The predicted octanol–water partition coefficient (Wildman–Crippen LogP) is 5.48. The quantitative estimate of drug-likeness (QED) is 0.529. The van der Waals surface area contributed by atoms with E-state index in [1.165, 1.54) is 0 Å². The van der Waals surface area contributed by atoms with Gasteiger partial charge in [0.05, 0.1) is 11.9 Å². The average molecular weight is 388 g/mol. The third kappa shape index (κ3) is 5.92. The van der Waals surface area contributed by atoms with Crippen molar-refractivity contribution in [1.82, 2.24) is 4.98 Å². The lowest BCUT2D eigenvalue weighted by Gasteiger charge is -2.19. The van der Waals surface area contributed by atoms with Crippen LogP contribution >= 0.6 is 0 Å². The highest BCUT2D eigenvalue weighted by atomic mass is 16.1. The van der Waals surface area contributed by atoms with E-state index in [2.05, 4.69) is 46.4 Å². The average Bonchev–Trinajstić information content (AvgIpc) is 2.77. The van der Waals surface area contributed by atoms with Gasteiger partial charge in [-0.25, -0.2) is 4.98 Å². The third-order valence-electron chi connectivity index (χ3n) is 5.06. The molecule has 1 amide bonds. The number of nitrogens with one attached hydrogen (secondary N) is 1. The molecule has 0 aliphatic rings. The maximum atomic E-state index is 12.8. The monoisotopic (exact) mass is 387 g/mol. The second kappa shape index (κ2) is 10.4. The normalized spacial score (nSPS) is 10.7. The molecule has 1 heterocycles. The maximum absolute atomic E-state index is 12.8. The van der Waals surface area contributed by atoms with Crippen LogP contribution in [0.25, 0.3) is 0 Å². The summed E-state index contributed by atoms with van der Waals surface area (Å²) in [5.41, 5.74) is 3.00. The molecule has 150 valence electrons. The summed E-state index contributed by atoms with van der Waals surface area (Å²) in [5, 5.41) is 3.00. The summed E-state index contributed by atoms with van der Waals surface area (Å²) < 4.78 is 0. The number of rotatable bonds is 9. The first kappa shape index (κ1) is 20.6. The molecule has 0 fully saturated rings. The van der Waals surface area contributed by atoms with Gasteiger partial charge in [0.15, 0.2) is 0 Å². The number of hydrogen-bond acceptors (Lipinski definition) is 3. The molecule has 1 aromatic heterocycles. The molecule has 3 aromatic rings. The summed E-state index contributed by atoms with van der Waals surface area (Å²) in [7, 11) is 2.04. The van der Waals surface area contributed by atoms with E-state index < -0.39 is 0 Å². The second-order valence-corrected chi connectivity index (χ2v) is 7.31. The molecule has 0 aliphatic heterocycles. The number of benzene rings is 2. The van der Waals surface area contributed by atoms with Crippen LogP contribution in [-0.2, 0) is 4.79 Å². The topological polar surface area (TPSA) is 45.2 Å². The van der Waals surface area contributed by atoms with Gasteiger partial charge in [-0.1, -0.05) is 74.0 Å². The van der Waals surface area contributed by atoms with Crippen molar-refractivity contribution in [2.24, 2.45) is 0 Å². The van der Waals surface area contributed by atoms with Crippen LogP contribution < -0.4 is 10.2 Å². The Bertz CT molecular complexity index is 839. The third-order valence-corrected chi connectivity index (χ3v) is 5.06. The SMILES string of the molecule is CCCCN(C)c1ccc(NC(=O)CC(c2ccccc2)c2ccccc2)cn1. The van der Waals surface area contributed by atoms with Crippen molar-refractivity contribution in [2.45, 2.75) is 32.1 Å². The molecule has 4 heteroatoms. The predicted molar refractivity (Wildman–Crippen MR) is 120 cm³/mol. The van der Waals surface area contributed by atoms with Gasteiger partial charge < -0.3 is 10.2 Å². The highest BCUT2D eigenvalue weighted by Gasteiger charge is 2.18. The van der Waals surface area contributed by atoms with Gasteiger partial charge in [0, 0.05) is 25.9 Å². The Labute approximate surface area is 173 Å². The standard InChI is InChI=1S/C25H29N3O/c1-3-4-17-28(2)24-16-15-22(19-26-24)27-25(29)18-23(20-11-7-5-8-12-20)21-13-9-6-10-14-21/h5-16,19,23H,3-4,17-18H2,1-2H3,(H,27,29). The van der Waals surface area contributed by atoms with E-state index in [1.54, 1.807) is 6.20 Å². The summed E-state index contributed by atoms with van der Waals surface area (Å²) in [6.45, 7) is 3.16. The van der Waals surface area contributed by atoms with Crippen LogP contribution in [0.3, 0.4) is 0 Å². The maximum Gasteiger partial charge on any atom is 0.225 e. The fourth-order valence-corrected chi connectivity index (χ4v) is 3.39. The van der Waals surface area contributed by atoms with Crippen molar-refractivity contribution >= 4 is 17.4 Å². The molecular weight excluding hydrogens is 358 g/mol. The summed E-state index contributed by atoms with van der Waals surface area (Å²) in [4.78, 5) is 19.4. The van der Waals surface area contributed by atoms with Gasteiger partial charge in [0.1, 0.15) is 5.82 Å². The molecule has 3 rings (SSSR count). The van der Waals surface area contributed by atoms with Crippen LogP contribution in [0.15, 0.2) is 79.0 Å². The number of amides is 1. The lowest BCUT2D eigenvalue weighted by Crippen LogP contribution is -2.20. The number of pyridine rings is 1. The van der Waals surface area contributed by atoms with Crippen molar-refractivity contribution in [3.05, 3.63) is 90.1 Å². The van der Waals surface area contributed by atoms with Gasteiger partial charge in [0.25, 0.3) is 0 Å². The van der Waals surface area contributed by atoms with Crippen LogP contribution in [0.1, 0.15) is 43.2 Å². The van der Waals surface area contributed by atoms with Gasteiger partial charge in [-0.05, 0) is 29.7 Å². The molecule has 29 heavy (non-hydrogen) atoms. The highest BCUT2D eigenvalue weighted by Crippen LogP contribution is 2.28. The van der Waals surface area contributed by atoms with E-state index in [1.807, 2.05) is 55.6 Å². The first-order valence-corrected chi connectivity index (χ1v) is 10.2. The van der Waals surface area contributed by atoms with Gasteiger partial charge >= 0.3 is 0 Å². The summed E-state index contributed by atoms with van der Waals surface area (Å²) in [5.74, 6) is 0.921. The minimum absolute atomic E-state index is 0.0170. The van der Waals surface area contributed by atoms with Crippen molar-refractivity contribution < 1.29 is 4.79 Å². The van der Waals surface area contributed by atoms with Crippen molar-refractivity contribution in [3.63, 3.8) is 0 Å². The molecule has 0 radical (unpaired) electrons. The molecule has 4 nitrogen and oxygen atoms in total. The van der Waals surface area contributed by atoms with Crippen molar-refractivity contribution in [1.29, 1.82) is 0 Å². The van der Waals surface area contributed by atoms with Crippen LogP contribution in [0, 0.1) is 0 Å². The van der Waals surface area contributed by atoms with E-state index in [0.717, 1.165) is 42.0 Å². The fourth-order valence-electron chi connectivity index (χ4n) is 3.39. The summed E-state index contributed by atoms with van der Waals surface area (Å²) in [6, 6.07) is 24.2. The summed E-state index contributed by atoms with van der Waals surface area (Å²) in [6.07, 6.45) is 4.40. The lowest BCUT2D eigenvalue weighted by molar-refractivity contribution is -0.116. The van der Waals surface area contributed by atoms with Crippen molar-refractivity contribution in [3.8, 4) is 0 Å². The fraction of sp³-hybridized carbons (Fsp3) is 0.280. The van der Waals surface area contributed by atoms with Gasteiger partial charge in [-0.3, -0.25) is 4.79 Å². The van der Waals surface area contributed by atoms with E-state index in [-0.39, 0.29) is 11.8 Å². The Hall–Kier alpha value is -3.14. The number of unbranched alkanes of at least 4 members (excludes halogenated alkanes) is 1. The first-order chi connectivity index (χ1) is 14.2. The first-order valence-electron chi connectivity index (χ1n) is 10.2. The van der Waals surface area contributed by atoms with Crippen molar-refractivity contribution in [2.75, 3.05) is 23.8 Å². The Kier molecular flexibility index (Phi) is 7.40. The lowest BCUT2D eigenvalue weighted by atomic mass is 9.88. The number of nitrogens with zero attached hydrogens (tertiary/aromatic N) is 2. The number of anilines is 2. The Morgan fingerprint density at radius 2 is 1.59 bits per heavy atom. The second-order valence-electron chi connectivity index (χ2n) is 7.31. The smallest absolute Gasteiger partial charge is 0.225 e. The number of carbonyl (C=O) groups excluding carboxylic acids is 1. The molecule has 0 saturated carbocycles. The van der Waals surface area contributed by atoms with Crippen LogP contribution in [0.2, 0.25) is 0 Å². The number of aromatic nitrogens is 1. The van der Waals surface area contributed by atoms with E-state index in [0.29, 0.717) is 6.42 Å². The molecule has 0 bridgehead atoms. The highest BCUT2D eigenvalue weighted by molar-refractivity contribution is 5.91. The number of carbonyl (C=O) groups is 1. The van der Waals surface area contributed by atoms with Crippen LogP contribution in [0.5, 0.6) is 0 Å². The zero-order valence-electron chi connectivity index (χ0n) is 17.2. The van der Waals surface area contributed by atoms with Crippen LogP contribution in [0.4, 0.5) is 11.5 Å². The molecule has 0 aliphatic carbocycles. The largest absolute Gasteiger partial charge is 0.360 e. The van der Waals surface area contributed by atoms with E-state index in [9.17, 15) is 4.79 Å². The molecule has 0 unspecified atom stereocenters. The van der Waals surface area contributed by atoms with E-state index in [4.69, 9.17) is 0 Å². The molecule has 0 atom stereocenters. The van der Waals surface area contributed by atoms with Gasteiger partial charge in [-0.2, -0.15) is 0 Å². The Morgan fingerprint density at radius 3 is 2.10 bits per heavy atom. The number of hydrogen-bond donors (Lipinski definition) is 1. The molecule has 2 aromatic carbocycles. The zero-order valence-corrected chi connectivity index (χ0v) is 17.2. The molecule has 0 spiro atoms. The Balaban J connectivity index is 1.67. The van der Waals surface area contributed by atoms with Gasteiger partial charge in [0.2, 0.25) is 5.91 Å². The van der Waals surface area contributed by atoms with E-state index >= 15 is 0 Å². The molecular formula is C25H29N3O. The zero-order chi connectivity index (χ0) is 20.5. The Morgan fingerprint density at radius 1 is 0.966 bits per heavy atom.